The van der Waals surface area contributed by atoms with Gasteiger partial charge in [-0.25, -0.2) is 4.79 Å². The molecular weight excluding hydrogens is 250 g/mol. The lowest BCUT2D eigenvalue weighted by Gasteiger charge is -2.16. The normalized spacial score (nSPS) is 22.5. The van der Waals surface area contributed by atoms with E-state index >= 15 is 0 Å². The summed E-state index contributed by atoms with van der Waals surface area (Å²) in [5.41, 5.74) is 0. The Morgan fingerprint density at radius 2 is 2.26 bits per heavy atom. The van der Waals surface area contributed by atoms with E-state index in [0.717, 1.165) is 0 Å². The van der Waals surface area contributed by atoms with Crippen molar-refractivity contribution in [3.05, 3.63) is 12.4 Å². The summed E-state index contributed by atoms with van der Waals surface area (Å²) in [6, 6.07) is -0.226. The summed E-state index contributed by atoms with van der Waals surface area (Å²) in [5, 5.41) is 19.2. The van der Waals surface area contributed by atoms with Crippen LogP contribution in [0.1, 0.15) is 6.92 Å². The summed E-state index contributed by atoms with van der Waals surface area (Å²) in [6.45, 7) is 3.57. The van der Waals surface area contributed by atoms with Crippen LogP contribution >= 0.6 is 0 Å². The fraction of sp³-hybridized carbons (Fsp3) is 0.636. The van der Waals surface area contributed by atoms with Crippen LogP contribution in [0.4, 0.5) is 4.79 Å². The first-order valence-corrected chi connectivity index (χ1v) is 6.17. The van der Waals surface area contributed by atoms with Crippen LogP contribution in [0, 0.1) is 11.8 Å². The fourth-order valence-corrected chi connectivity index (χ4v) is 2.20. The van der Waals surface area contributed by atoms with Crippen molar-refractivity contribution in [2.24, 2.45) is 11.8 Å². The molecule has 19 heavy (non-hydrogen) atoms. The van der Waals surface area contributed by atoms with Crippen molar-refractivity contribution in [3.8, 4) is 0 Å². The number of carboxylic acid groups (broad SMARTS) is 1. The Bertz CT molecular complexity index is 447. The van der Waals surface area contributed by atoms with Gasteiger partial charge in [-0.15, -0.1) is 5.10 Å². The topological polar surface area (TPSA) is 100 Å². The standard InChI is InChI=1S/C11H17N5O3/c1-8-6-15(7-9(8)10(17)18)11(19)12-2-4-16-5-3-13-14-16/h3,5,8-9H,2,4,6-7H2,1H3,(H,12,19)(H,17,18)/t8-,9-/m1/s1. The number of carbonyl (C=O) groups excluding carboxylic acids is 1. The van der Waals surface area contributed by atoms with E-state index in [1.807, 2.05) is 6.92 Å². The van der Waals surface area contributed by atoms with Crippen LogP contribution in [0.15, 0.2) is 12.4 Å². The molecule has 2 N–H and O–H groups in total. The molecule has 0 aromatic carbocycles. The predicted molar refractivity (Wildman–Crippen MR) is 65.3 cm³/mol. The zero-order valence-electron chi connectivity index (χ0n) is 10.7. The quantitative estimate of drug-likeness (QED) is 0.776. The molecule has 1 aromatic rings. The fourth-order valence-electron chi connectivity index (χ4n) is 2.20. The maximum absolute atomic E-state index is 11.9. The second kappa shape index (κ2) is 5.68. The highest BCUT2D eigenvalue weighted by Gasteiger charge is 2.36. The Kier molecular flexibility index (Phi) is 3.98. The molecule has 1 saturated heterocycles. The van der Waals surface area contributed by atoms with E-state index in [-0.39, 0.29) is 18.5 Å². The van der Waals surface area contributed by atoms with Crippen molar-refractivity contribution in [1.29, 1.82) is 0 Å². The third kappa shape index (κ3) is 3.21. The van der Waals surface area contributed by atoms with E-state index < -0.39 is 11.9 Å². The molecule has 1 aliphatic heterocycles. The molecule has 0 unspecified atom stereocenters. The first kappa shape index (κ1) is 13.3. The first-order chi connectivity index (χ1) is 9.08. The summed E-state index contributed by atoms with van der Waals surface area (Å²) in [7, 11) is 0. The maximum atomic E-state index is 11.9. The van der Waals surface area contributed by atoms with Crippen LogP contribution in [0.3, 0.4) is 0 Å². The van der Waals surface area contributed by atoms with E-state index in [2.05, 4.69) is 15.6 Å². The molecule has 1 aliphatic rings. The van der Waals surface area contributed by atoms with E-state index in [1.54, 1.807) is 22.0 Å². The molecule has 2 heterocycles. The van der Waals surface area contributed by atoms with Gasteiger partial charge in [0, 0.05) is 25.8 Å². The van der Waals surface area contributed by atoms with Crippen LogP contribution in [0.5, 0.6) is 0 Å². The van der Waals surface area contributed by atoms with Crippen molar-refractivity contribution in [1.82, 2.24) is 25.2 Å². The number of amides is 2. The van der Waals surface area contributed by atoms with Crippen LogP contribution in [-0.4, -0.2) is 56.6 Å². The van der Waals surface area contributed by atoms with Gasteiger partial charge < -0.3 is 15.3 Å². The van der Waals surface area contributed by atoms with Gasteiger partial charge in [-0.3, -0.25) is 9.48 Å². The molecule has 8 heteroatoms. The Morgan fingerprint density at radius 3 is 2.84 bits per heavy atom. The minimum Gasteiger partial charge on any atom is -0.481 e. The third-order valence-corrected chi connectivity index (χ3v) is 3.31. The highest BCUT2D eigenvalue weighted by Crippen LogP contribution is 2.22. The molecule has 2 rings (SSSR count). The molecule has 0 radical (unpaired) electrons. The van der Waals surface area contributed by atoms with Gasteiger partial charge in [-0.1, -0.05) is 12.1 Å². The number of rotatable bonds is 4. The lowest BCUT2D eigenvalue weighted by molar-refractivity contribution is -0.142. The Morgan fingerprint density at radius 1 is 1.47 bits per heavy atom. The summed E-state index contributed by atoms with van der Waals surface area (Å²) in [6.07, 6.45) is 3.28. The smallest absolute Gasteiger partial charge is 0.317 e. The SMILES string of the molecule is C[C@@H]1CN(C(=O)NCCn2ccnn2)C[C@H]1C(=O)O. The first-order valence-electron chi connectivity index (χ1n) is 6.17. The van der Waals surface area contributed by atoms with Crippen LogP contribution in [0.25, 0.3) is 0 Å². The predicted octanol–water partition coefficient (Wildman–Crippen LogP) is -0.360. The summed E-state index contributed by atoms with van der Waals surface area (Å²) in [5.74, 6) is -1.33. The second-order valence-corrected chi connectivity index (χ2v) is 4.73. The molecule has 8 nitrogen and oxygen atoms in total. The summed E-state index contributed by atoms with van der Waals surface area (Å²) in [4.78, 5) is 24.4. The molecule has 0 spiro atoms. The lowest BCUT2D eigenvalue weighted by Crippen LogP contribution is -2.40. The largest absolute Gasteiger partial charge is 0.481 e. The minimum atomic E-state index is -0.842. The number of urea groups is 1. The van der Waals surface area contributed by atoms with Crippen LogP contribution in [0.2, 0.25) is 0 Å². The van der Waals surface area contributed by atoms with Gasteiger partial charge in [0.25, 0.3) is 0 Å². The van der Waals surface area contributed by atoms with E-state index in [4.69, 9.17) is 5.11 Å². The van der Waals surface area contributed by atoms with Gasteiger partial charge in [-0.05, 0) is 5.92 Å². The number of hydrogen-bond acceptors (Lipinski definition) is 4. The van der Waals surface area contributed by atoms with Crippen molar-refractivity contribution in [2.45, 2.75) is 13.5 Å². The number of nitrogens with zero attached hydrogens (tertiary/aromatic N) is 4. The Hall–Kier alpha value is -2.12. The van der Waals surface area contributed by atoms with Crippen molar-refractivity contribution in [3.63, 3.8) is 0 Å². The van der Waals surface area contributed by atoms with Crippen molar-refractivity contribution >= 4 is 12.0 Å². The molecule has 0 saturated carbocycles. The van der Waals surface area contributed by atoms with Crippen LogP contribution in [-0.2, 0) is 11.3 Å². The molecular formula is C11H17N5O3. The number of likely N-dealkylation sites (tertiary alicyclic amines) is 1. The number of aliphatic carboxylic acids is 1. The molecule has 0 bridgehead atoms. The van der Waals surface area contributed by atoms with E-state index in [0.29, 0.717) is 19.6 Å². The summed E-state index contributed by atoms with van der Waals surface area (Å²) < 4.78 is 1.62. The van der Waals surface area contributed by atoms with Gasteiger partial charge in [0.05, 0.1) is 18.7 Å². The van der Waals surface area contributed by atoms with Crippen molar-refractivity contribution in [2.75, 3.05) is 19.6 Å². The number of nitrogens with one attached hydrogen (secondary N) is 1. The highest BCUT2D eigenvalue weighted by molar-refractivity contribution is 5.77. The molecule has 2 amide bonds. The number of carbonyl (C=O) groups is 2. The molecule has 104 valence electrons. The molecule has 1 aromatic heterocycles. The van der Waals surface area contributed by atoms with Gasteiger partial charge in [0.1, 0.15) is 0 Å². The monoisotopic (exact) mass is 267 g/mol. The molecule has 2 atom stereocenters. The Labute approximate surface area is 110 Å². The number of carboxylic acids is 1. The number of aromatic nitrogens is 3. The van der Waals surface area contributed by atoms with Gasteiger partial charge in [0.2, 0.25) is 0 Å². The number of hydrogen-bond donors (Lipinski definition) is 2. The highest BCUT2D eigenvalue weighted by atomic mass is 16.4. The third-order valence-electron chi connectivity index (χ3n) is 3.31. The molecule has 0 aliphatic carbocycles. The van der Waals surface area contributed by atoms with Gasteiger partial charge in [-0.2, -0.15) is 0 Å². The lowest BCUT2D eigenvalue weighted by atomic mass is 9.99. The van der Waals surface area contributed by atoms with Crippen LogP contribution < -0.4 is 5.32 Å². The zero-order chi connectivity index (χ0) is 13.8. The van der Waals surface area contributed by atoms with Crippen molar-refractivity contribution < 1.29 is 14.7 Å². The second-order valence-electron chi connectivity index (χ2n) is 4.73. The average molecular weight is 267 g/mol. The van der Waals surface area contributed by atoms with E-state index in [9.17, 15) is 9.59 Å². The molecule has 1 fully saturated rings. The van der Waals surface area contributed by atoms with Gasteiger partial charge in [0.15, 0.2) is 0 Å². The minimum absolute atomic E-state index is 0.0152. The van der Waals surface area contributed by atoms with Gasteiger partial charge >= 0.3 is 12.0 Å². The van der Waals surface area contributed by atoms with E-state index in [1.165, 1.54) is 0 Å². The average Bonchev–Trinajstić information content (AvgIpc) is 2.98. The maximum Gasteiger partial charge on any atom is 0.317 e. The Balaban J connectivity index is 1.76. The zero-order valence-corrected chi connectivity index (χ0v) is 10.7. The summed E-state index contributed by atoms with van der Waals surface area (Å²) >= 11 is 0.